The van der Waals surface area contributed by atoms with Crippen molar-refractivity contribution in [3.63, 3.8) is 0 Å². The van der Waals surface area contributed by atoms with E-state index in [9.17, 15) is 0 Å². The van der Waals surface area contributed by atoms with Gasteiger partial charge in [0.25, 0.3) is 0 Å². The van der Waals surface area contributed by atoms with Gasteiger partial charge in [-0.05, 0) is 30.3 Å². The van der Waals surface area contributed by atoms with Gasteiger partial charge in [0.2, 0.25) is 5.75 Å². The molecular weight excluding hydrogens is 344 g/mol. The first-order valence-corrected chi connectivity index (χ1v) is 9.09. The second kappa shape index (κ2) is 8.86. The monoisotopic (exact) mass is 372 g/mol. The van der Waals surface area contributed by atoms with Crippen LogP contribution in [0.5, 0.6) is 23.0 Å². The molecule has 1 saturated heterocycles. The number of piperazine rings is 1. The molecule has 6 nitrogen and oxygen atoms in total. The van der Waals surface area contributed by atoms with Gasteiger partial charge < -0.3 is 23.8 Å². The molecule has 0 N–H and O–H groups in total. The van der Waals surface area contributed by atoms with Crippen LogP contribution in [0.1, 0.15) is 5.56 Å². The van der Waals surface area contributed by atoms with Crippen LogP contribution >= 0.6 is 0 Å². The van der Waals surface area contributed by atoms with Gasteiger partial charge in [0, 0.05) is 44.0 Å². The molecule has 146 valence electrons. The molecule has 2 aromatic carbocycles. The van der Waals surface area contributed by atoms with Crippen LogP contribution in [0.25, 0.3) is 0 Å². The third-order valence-corrected chi connectivity index (χ3v) is 4.99. The Kier molecular flexibility index (Phi) is 6.29. The first-order valence-electron chi connectivity index (χ1n) is 9.09. The fourth-order valence-electron chi connectivity index (χ4n) is 3.49. The summed E-state index contributed by atoms with van der Waals surface area (Å²) in [6, 6.07) is 12.2. The Morgan fingerprint density at radius 2 is 1.37 bits per heavy atom. The van der Waals surface area contributed by atoms with E-state index in [2.05, 4.69) is 28.0 Å². The van der Waals surface area contributed by atoms with Crippen molar-refractivity contribution in [3.05, 3.63) is 42.0 Å². The van der Waals surface area contributed by atoms with Gasteiger partial charge in [-0.2, -0.15) is 0 Å². The number of hydrogen-bond donors (Lipinski definition) is 0. The molecule has 3 rings (SSSR count). The van der Waals surface area contributed by atoms with Crippen molar-refractivity contribution in [3.8, 4) is 23.0 Å². The smallest absolute Gasteiger partial charge is 0.203 e. The number of hydrogen-bond acceptors (Lipinski definition) is 6. The van der Waals surface area contributed by atoms with E-state index in [-0.39, 0.29) is 0 Å². The Hall–Kier alpha value is -2.60. The first-order chi connectivity index (χ1) is 13.2. The molecule has 0 saturated carbocycles. The van der Waals surface area contributed by atoms with E-state index in [1.54, 1.807) is 28.4 Å². The van der Waals surface area contributed by atoms with Gasteiger partial charge in [-0.3, -0.25) is 4.90 Å². The quantitative estimate of drug-likeness (QED) is 0.744. The Morgan fingerprint density at radius 1 is 0.704 bits per heavy atom. The Bertz CT molecular complexity index is 741. The molecule has 0 radical (unpaired) electrons. The van der Waals surface area contributed by atoms with E-state index in [0.717, 1.165) is 49.8 Å². The van der Waals surface area contributed by atoms with E-state index in [1.807, 2.05) is 18.2 Å². The average molecular weight is 372 g/mol. The highest BCUT2D eigenvalue weighted by Crippen LogP contribution is 2.40. The fourth-order valence-corrected chi connectivity index (χ4v) is 3.49. The highest BCUT2D eigenvalue weighted by Gasteiger charge is 2.21. The first kappa shape index (κ1) is 19.2. The lowest BCUT2D eigenvalue weighted by molar-refractivity contribution is 0.244. The van der Waals surface area contributed by atoms with Crippen LogP contribution in [0, 0.1) is 0 Å². The second-order valence-corrected chi connectivity index (χ2v) is 6.45. The number of methoxy groups -OCH3 is 4. The Morgan fingerprint density at radius 3 is 1.93 bits per heavy atom. The summed E-state index contributed by atoms with van der Waals surface area (Å²) in [6.07, 6.45) is 0. The second-order valence-electron chi connectivity index (χ2n) is 6.45. The summed E-state index contributed by atoms with van der Waals surface area (Å²) in [7, 11) is 6.63. The van der Waals surface area contributed by atoms with Gasteiger partial charge in [-0.15, -0.1) is 0 Å². The predicted octanol–water partition coefficient (Wildman–Crippen LogP) is 3.04. The van der Waals surface area contributed by atoms with Gasteiger partial charge in [0.1, 0.15) is 5.75 Å². The summed E-state index contributed by atoms with van der Waals surface area (Å²) in [4.78, 5) is 4.84. The van der Waals surface area contributed by atoms with Crippen LogP contribution < -0.4 is 23.8 Å². The SMILES string of the molecule is COc1ccc(N2CCN(Cc3ccc(OC)c(OC)c3OC)CC2)cc1. The lowest BCUT2D eigenvalue weighted by Crippen LogP contribution is -2.46. The van der Waals surface area contributed by atoms with E-state index < -0.39 is 0 Å². The van der Waals surface area contributed by atoms with Gasteiger partial charge in [-0.1, -0.05) is 6.07 Å². The van der Waals surface area contributed by atoms with Crippen molar-refractivity contribution in [2.75, 3.05) is 59.5 Å². The molecule has 0 spiro atoms. The van der Waals surface area contributed by atoms with Crippen molar-refractivity contribution >= 4 is 5.69 Å². The number of anilines is 1. The minimum absolute atomic E-state index is 0.648. The van der Waals surface area contributed by atoms with Crippen LogP contribution in [-0.2, 0) is 6.54 Å². The average Bonchev–Trinajstić information content (AvgIpc) is 2.73. The zero-order chi connectivity index (χ0) is 19.2. The fraction of sp³-hybridized carbons (Fsp3) is 0.429. The molecule has 0 atom stereocenters. The van der Waals surface area contributed by atoms with Crippen LogP contribution in [-0.4, -0.2) is 59.5 Å². The zero-order valence-corrected chi connectivity index (χ0v) is 16.5. The minimum atomic E-state index is 0.648. The summed E-state index contributed by atoms with van der Waals surface area (Å²) in [5, 5.41) is 0. The van der Waals surface area contributed by atoms with Gasteiger partial charge in [0.15, 0.2) is 11.5 Å². The lowest BCUT2D eigenvalue weighted by atomic mass is 10.1. The standard InChI is InChI=1S/C21H28N2O4/c1-24-18-8-6-17(7-9-18)23-13-11-22(12-14-23)15-16-5-10-19(25-2)21(27-4)20(16)26-3/h5-10H,11-15H2,1-4H3. The summed E-state index contributed by atoms with van der Waals surface area (Å²) in [6.45, 7) is 4.77. The van der Waals surface area contributed by atoms with Crippen molar-refractivity contribution in [1.29, 1.82) is 0 Å². The highest BCUT2D eigenvalue weighted by molar-refractivity contribution is 5.56. The maximum absolute atomic E-state index is 5.61. The highest BCUT2D eigenvalue weighted by atomic mass is 16.5. The Labute approximate surface area is 161 Å². The normalized spacial score (nSPS) is 14.7. The number of benzene rings is 2. The molecule has 0 unspecified atom stereocenters. The molecular formula is C21H28N2O4. The molecule has 2 aromatic rings. The van der Waals surface area contributed by atoms with Crippen LogP contribution in [0.15, 0.2) is 36.4 Å². The van der Waals surface area contributed by atoms with E-state index in [1.165, 1.54) is 5.69 Å². The number of ether oxygens (including phenoxy) is 4. The summed E-state index contributed by atoms with van der Waals surface area (Å²) < 4.78 is 21.7. The molecule has 1 heterocycles. The molecule has 1 fully saturated rings. The zero-order valence-electron chi connectivity index (χ0n) is 16.5. The van der Waals surface area contributed by atoms with Crippen molar-refractivity contribution in [1.82, 2.24) is 4.90 Å². The summed E-state index contributed by atoms with van der Waals surface area (Å²) in [5.74, 6) is 2.96. The number of rotatable bonds is 7. The van der Waals surface area contributed by atoms with Gasteiger partial charge >= 0.3 is 0 Å². The lowest BCUT2D eigenvalue weighted by Gasteiger charge is -2.36. The maximum Gasteiger partial charge on any atom is 0.203 e. The number of nitrogens with zero attached hydrogens (tertiary/aromatic N) is 2. The largest absolute Gasteiger partial charge is 0.497 e. The molecule has 0 aliphatic carbocycles. The van der Waals surface area contributed by atoms with Gasteiger partial charge in [-0.25, -0.2) is 0 Å². The molecule has 27 heavy (non-hydrogen) atoms. The molecule has 6 heteroatoms. The topological polar surface area (TPSA) is 43.4 Å². The minimum Gasteiger partial charge on any atom is -0.497 e. The molecule has 1 aliphatic heterocycles. The molecule has 0 bridgehead atoms. The maximum atomic E-state index is 5.61. The predicted molar refractivity (Wildman–Crippen MR) is 107 cm³/mol. The van der Waals surface area contributed by atoms with Crippen molar-refractivity contribution in [2.45, 2.75) is 6.54 Å². The van der Waals surface area contributed by atoms with Crippen LogP contribution in [0.4, 0.5) is 5.69 Å². The summed E-state index contributed by atoms with van der Waals surface area (Å²) >= 11 is 0. The summed E-state index contributed by atoms with van der Waals surface area (Å²) in [5.41, 5.74) is 2.34. The van der Waals surface area contributed by atoms with Crippen molar-refractivity contribution < 1.29 is 18.9 Å². The molecule has 0 aromatic heterocycles. The van der Waals surface area contributed by atoms with Crippen molar-refractivity contribution in [2.24, 2.45) is 0 Å². The van der Waals surface area contributed by atoms with E-state index in [4.69, 9.17) is 18.9 Å². The Balaban J connectivity index is 1.65. The molecule has 0 amide bonds. The molecule has 1 aliphatic rings. The van der Waals surface area contributed by atoms with E-state index >= 15 is 0 Å². The van der Waals surface area contributed by atoms with Gasteiger partial charge in [0.05, 0.1) is 28.4 Å². The van der Waals surface area contributed by atoms with Crippen LogP contribution in [0.3, 0.4) is 0 Å². The third kappa shape index (κ3) is 4.22. The van der Waals surface area contributed by atoms with E-state index in [0.29, 0.717) is 11.5 Å². The van der Waals surface area contributed by atoms with Crippen LogP contribution in [0.2, 0.25) is 0 Å². The third-order valence-electron chi connectivity index (χ3n) is 4.99.